The molecule has 0 aliphatic carbocycles. The molecular weight excluding hydrogens is 250 g/mol. The van der Waals surface area contributed by atoms with Gasteiger partial charge in [-0.3, -0.25) is 4.79 Å². The van der Waals surface area contributed by atoms with Crippen molar-refractivity contribution >= 4 is 21.9 Å². The van der Waals surface area contributed by atoms with Crippen LogP contribution in [-0.2, 0) is 4.79 Å². The molecule has 4 N–H and O–H groups in total. The largest absolute Gasteiger partial charge is 0.506 e. The van der Waals surface area contributed by atoms with Gasteiger partial charge in [-0.2, -0.15) is 0 Å². The van der Waals surface area contributed by atoms with Crippen LogP contribution in [0.5, 0.6) is 5.75 Å². The summed E-state index contributed by atoms with van der Waals surface area (Å²) in [6.07, 6.45) is 0. The van der Waals surface area contributed by atoms with Gasteiger partial charge in [-0.1, -0.05) is 6.07 Å². The van der Waals surface area contributed by atoms with Crippen LogP contribution in [0.1, 0.15) is 17.2 Å². The molecule has 1 aromatic rings. The molecule has 0 fully saturated rings. The number of nitrogens with two attached hydrogens (primary N) is 1. The zero-order valence-corrected chi connectivity index (χ0v) is 9.08. The van der Waals surface area contributed by atoms with E-state index < -0.39 is 12.0 Å². The Labute approximate surface area is 89.5 Å². The van der Waals surface area contributed by atoms with Crippen LogP contribution in [-0.4, -0.2) is 16.2 Å². The van der Waals surface area contributed by atoms with Gasteiger partial charge in [0.05, 0.1) is 4.47 Å². The molecule has 1 rings (SSSR count). The van der Waals surface area contributed by atoms with Gasteiger partial charge in [0.2, 0.25) is 0 Å². The third-order valence-corrected chi connectivity index (χ3v) is 2.44. The normalized spacial score (nSPS) is 12.5. The Morgan fingerprint density at radius 3 is 2.64 bits per heavy atom. The van der Waals surface area contributed by atoms with Gasteiger partial charge in [0.1, 0.15) is 11.8 Å². The fraction of sp³-hybridized carbons (Fsp3) is 0.222. The molecule has 0 saturated heterocycles. The van der Waals surface area contributed by atoms with Crippen LogP contribution in [0.3, 0.4) is 0 Å². The maximum absolute atomic E-state index is 10.6. The lowest BCUT2D eigenvalue weighted by atomic mass is 10.0. The summed E-state index contributed by atoms with van der Waals surface area (Å²) in [7, 11) is 0. The number of benzene rings is 1. The molecule has 0 bridgehead atoms. The van der Waals surface area contributed by atoms with Gasteiger partial charge in [-0.25, -0.2) is 0 Å². The van der Waals surface area contributed by atoms with Crippen molar-refractivity contribution in [3.05, 3.63) is 27.7 Å². The van der Waals surface area contributed by atoms with Crippen molar-refractivity contribution in [2.24, 2.45) is 5.73 Å². The van der Waals surface area contributed by atoms with Crippen LogP contribution in [0, 0.1) is 6.92 Å². The molecule has 1 unspecified atom stereocenters. The van der Waals surface area contributed by atoms with Gasteiger partial charge in [-0.15, -0.1) is 0 Å². The molecule has 0 radical (unpaired) electrons. The zero-order chi connectivity index (χ0) is 10.9. The first-order valence-corrected chi connectivity index (χ1v) is 4.70. The minimum absolute atomic E-state index is 0.120. The molecular formula is C9H10BrNO3. The van der Waals surface area contributed by atoms with E-state index in [-0.39, 0.29) is 11.3 Å². The third kappa shape index (κ3) is 2.05. The highest BCUT2D eigenvalue weighted by Gasteiger charge is 2.19. The standard InChI is InChI=1S/C9H10BrNO3/c1-4-2-5(7(11)9(13)14)8(12)6(10)3-4/h2-3,7,12H,11H2,1H3,(H,13,14). The number of hydrogen-bond donors (Lipinski definition) is 3. The number of aromatic hydroxyl groups is 1. The van der Waals surface area contributed by atoms with Gasteiger partial charge in [0.15, 0.2) is 0 Å². The Morgan fingerprint density at radius 2 is 2.14 bits per heavy atom. The second-order valence-electron chi connectivity index (χ2n) is 3.00. The first-order chi connectivity index (χ1) is 6.43. The fourth-order valence-electron chi connectivity index (χ4n) is 1.13. The highest BCUT2D eigenvalue weighted by atomic mass is 79.9. The van der Waals surface area contributed by atoms with Crippen LogP contribution in [0.25, 0.3) is 0 Å². The molecule has 4 nitrogen and oxygen atoms in total. The molecule has 0 aliphatic rings. The van der Waals surface area contributed by atoms with E-state index >= 15 is 0 Å². The monoisotopic (exact) mass is 259 g/mol. The minimum atomic E-state index is -1.20. The first kappa shape index (κ1) is 11.0. The Hall–Kier alpha value is -1.07. The lowest BCUT2D eigenvalue weighted by Crippen LogP contribution is -2.20. The molecule has 5 heteroatoms. The van der Waals surface area contributed by atoms with Gasteiger partial charge < -0.3 is 15.9 Å². The molecule has 0 saturated carbocycles. The number of carbonyl (C=O) groups is 1. The molecule has 1 atom stereocenters. The quantitative estimate of drug-likeness (QED) is 0.753. The third-order valence-electron chi connectivity index (χ3n) is 1.84. The summed E-state index contributed by atoms with van der Waals surface area (Å²) in [6.45, 7) is 1.79. The van der Waals surface area contributed by atoms with E-state index in [1.165, 1.54) is 0 Å². The summed E-state index contributed by atoms with van der Waals surface area (Å²) in [6, 6.07) is 2.04. The number of rotatable bonds is 2. The van der Waals surface area contributed by atoms with Crippen molar-refractivity contribution < 1.29 is 15.0 Å². The second kappa shape index (κ2) is 3.98. The number of carboxylic acid groups (broad SMARTS) is 1. The summed E-state index contributed by atoms with van der Waals surface area (Å²) in [4.78, 5) is 10.6. The Balaban J connectivity index is 3.26. The van der Waals surface area contributed by atoms with Crippen LogP contribution >= 0.6 is 15.9 Å². The van der Waals surface area contributed by atoms with Crippen LogP contribution in [0.2, 0.25) is 0 Å². The van der Waals surface area contributed by atoms with Crippen molar-refractivity contribution in [1.29, 1.82) is 0 Å². The Kier molecular flexibility index (Phi) is 3.13. The SMILES string of the molecule is Cc1cc(Br)c(O)c(C(N)C(=O)O)c1. The fourth-order valence-corrected chi connectivity index (χ4v) is 1.72. The summed E-state index contributed by atoms with van der Waals surface area (Å²) in [5.41, 5.74) is 6.44. The molecule has 0 aliphatic heterocycles. The summed E-state index contributed by atoms with van der Waals surface area (Å²) in [5, 5.41) is 18.2. The maximum atomic E-state index is 10.6. The van der Waals surface area contributed by atoms with Crippen molar-refractivity contribution in [3.8, 4) is 5.75 Å². The molecule has 1 aromatic carbocycles. The maximum Gasteiger partial charge on any atom is 0.325 e. The number of aliphatic carboxylic acids is 1. The summed E-state index contributed by atoms with van der Waals surface area (Å²) >= 11 is 3.12. The molecule has 76 valence electrons. The number of phenolic OH excluding ortho intramolecular Hbond substituents is 1. The smallest absolute Gasteiger partial charge is 0.325 e. The van der Waals surface area contributed by atoms with Crippen LogP contribution in [0.15, 0.2) is 16.6 Å². The topological polar surface area (TPSA) is 83.5 Å². The average molecular weight is 260 g/mol. The van der Waals surface area contributed by atoms with E-state index in [9.17, 15) is 9.90 Å². The second-order valence-corrected chi connectivity index (χ2v) is 3.85. The first-order valence-electron chi connectivity index (χ1n) is 3.91. The van der Waals surface area contributed by atoms with E-state index in [2.05, 4.69) is 15.9 Å². The zero-order valence-electron chi connectivity index (χ0n) is 7.49. The molecule has 0 aromatic heterocycles. The Bertz CT molecular complexity index is 379. The lowest BCUT2D eigenvalue weighted by Gasteiger charge is -2.11. The Morgan fingerprint density at radius 1 is 1.57 bits per heavy atom. The predicted molar refractivity (Wildman–Crippen MR) is 55.1 cm³/mol. The lowest BCUT2D eigenvalue weighted by molar-refractivity contribution is -0.138. The summed E-state index contributed by atoms with van der Waals surface area (Å²) in [5.74, 6) is -1.29. The van der Waals surface area contributed by atoms with Crippen molar-refractivity contribution in [3.63, 3.8) is 0 Å². The number of phenols is 1. The highest BCUT2D eigenvalue weighted by Crippen LogP contribution is 2.32. The van der Waals surface area contributed by atoms with E-state index in [0.29, 0.717) is 4.47 Å². The van der Waals surface area contributed by atoms with Crippen LogP contribution < -0.4 is 5.73 Å². The number of hydrogen-bond acceptors (Lipinski definition) is 3. The average Bonchev–Trinajstić information content (AvgIpc) is 2.09. The van der Waals surface area contributed by atoms with Gasteiger partial charge in [0.25, 0.3) is 0 Å². The molecule has 14 heavy (non-hydrogen) atoms. The van der Waals surface area contributed by atoms with Gasteiger partial charge in [-0.05, 0) is 34.5 Å². The number of halogens is 1. The van der Waals surface area contributed by atoms with E-state index in [4.69, 9.17) is 10.8 Å². The minimum Gasteiger partial charge on any atom is -0.506 e. The molecule has 0 amide bonds. The van der Waals surface area contributed by atoms with Gasteiger partial charge in [0, 0.05) is 5.56 Å². The van der Waals surface area contributed by atoms with Crippen LogP contribution in [0.4, 0.5) is 0 Å². The number of aryl methyl sites for hydroxylation is 1. The number of carboxylic acids is 1. The highest BCUT2D eigenvalue weighted by molar-refractivity contribution is 9.10. The van der Waals surface area contributed by atoms with E-state index in [1.54, 1.807) is 19.1 Å². The van der Waals surface area contributed by atoms with Gasteiger partial charge >= 0.3 is 5.97 Å². The molecule has 0 spiro atoms. The van der Waals surface area contributed by atoms with E-state index in [1.807, 2.05) is 0 Å². The summed E-state index contributed by atoms with van der Waals surface area (Å²) < 4.78 is 0.448. The van der Waals surface area contributed by atoms with Crippen molar-refractivity contribution in [1.82, 2.24) is 0 Å². The van der Waals surface area contributed by atoms with Crippen molar-refractivity contribution in [2.45, 2.75) is 13.0 Å². The van der Waals surface area contributed by atoms with Crippen molar-refractivity contribution in [2.75, 3.05) is 0 Å². The molecule has 0 heterocycles. The van der Waals surface area contributed by atoms with E-state index in [0.717, 1.165) is 5.56 Å². The predicted octanol–water partition coefficient (Wildman–Crippen LogP) is 1.55.